The van der Waals surface area contributed by atoms with Crippen molar-refractivity contribution in [1.82, 2.24) is 15.2 Å². The number of benzene rings is 2. The van der Waals surface area contributed by atoms with Gasteiger partial charge < -0.3 is 29.6 Å². The van der Waals surface area contributed by atoms with Gasteiger partial charge in [-0.15, -0.1) is 0 Å². The summed E-state index contributed by atoms with van der Waals surface area (Å²) in [6.45, 7) is 1.97. The van der Waals surface area contributed by atoms with Crippen LogP contribution in [0.3, 0.4) is 0 Å². The minimum Gasteiger partial charge on any atom is -0.497 e. The Bertz CT molecular complexity index is 1590. The van der Waals surface area contributed by atoms with Crippen molar-refractivity contribution in [3.8, 4) is 5.75 Å². The highest BCUT2D eigenvalue weighted by molar-refractivity contribution is 6.30. The number of fused-ring (bicyclic) bond motifs is 1. The summed E-state index contributed by atoms with van der Waals surface area (Å²) in [7, 11) is 2.81. The summed E-state index contributed by atoms with van der Waals surface area (Å²) in [5.41, 5.74) is 1.58. The molecular formula is C32H35ClF2N4O5. The molecule has 2 aromatic carbocycles. The maximum absolute atomic E-state index is 15.5. The van der Waals surface area contributed by atoms with E-state index in [-0.39, 0.29) is 42.7 Å². The number of aromatic nitrogens is 1. The lowest BCUT2D eigenvalue weighted by atomic mass is 9.83. The number of pyridine rings is 1. The number of halogens is 3. The Labute approximate surface area is 259 Å². The van der Waals surface area contributed by atoms with Crippen LogP contribution in [0.25, 0.3) is 0 Å². The molecule has 1 aliphatic heterocycles. The second-order valence-corrected chi connectivity index (χ2v) is 11.6. The van der Waals surface area contributed by atoms with E-state index in [1.54, 1.807) is 19.2 Å². The maximum atomic E-state index is 15.5. The van der Waals surface area contributed by atoms with Gasteiger partial charge in [-0.25, -0.2) is 13.6 Å². The predicted molar refractivity (Wildman–Crippen MR) is 162 cm³/mol. The first-order valence-corrected chi connectivity index (χ1v) is 14.9. The normalized spacial score (nSPS) is 21.2. The number of aryl methyl sites for hydroxylation is 1. The van der Waals surface area contributed by atoms with Gasteiger partial charge in [-0.05, 0) is 61.6 Å². The fourth-order valence-corrected chi connectivity index (χ4v) is 6.58. The van der Waals surface area contributed by atoms with Crippen LogP contribution in [-0.4, -0.2) is 56.0 Å². The number of nitrogens with one attached hydrogen (secondary N) is 2. The predicted octanol–water partition coefficient (Wildman–Crippen LogP) is 4.43. The third-order valence-corrected chi connectivity index (χ3v) is 8.78. The molecule has 0 saturated carbocycles. The minimum atomic E-state index is -1.06. The Kier molecular flexibility index (Phi) is 9.55. The van der Waals surface area contributed by atoms with E-state index in [4.69, 9.17) is 21.1 Å². The van der Waals surface area contributed by atoms with Gasteiger partial charge in [-0.2, -0.15) is 0 Å². The molecule has 3 amide bonds. The Morgan fingerprint density at radius 3 is 2.55 bits per heavy atom. The smallest absolute Gasteiger partial charge is 0.315 e. The molecule has 2 aliphatic rings. The van der Waals surface area contributed by atoms with Gasteiger partial charge in [0.1, 0.15) is 23.1 Å². The third kappa shape index (κ3) is 6.30. The van der Waals surface area contributed by atoms with Crippen molar-refractivity contribution in [3.05, 3.63) is 92.4 Å². The van der Waals surface area contributed by atoms with E-state index in [2.05, 4.69) is 10.6 Å². The summed E-state index contributed by atoms with van der Waals surface area (Å²) in [5.74, 6) is -4.38. The average Bonchev–Trinajstić information content (AvgIpc) is 3.23. The molecule has 1 aromatic heterocycles. The number of carbonyl (C=O) groups is 2. The molecule has 12 heteroatoms. The number of ether oxygens (including phenoxy) is 2. The molecule has 234 valence electrons. The van der Waals surface area contributed by atoms with E-state index in [1.165, 1.54) is 29.8 Å². The maximum Gasteiger partial charge on any atom is 0.315 e. The SMILES string of the molecule is COCCn1cccc(N2C(=O)C(CNC(=O)NC3CCc4cc(Cl)ccc4C3)[C@H](c3c(F)cc(OC)cc3F)[C@@H]2C)c1=O. The van der Waals surface area contributed by atoms with Crippen LogP contribution in [0.15, 0.2) is 53.5 Å². The van der Waals surface area contributed by atoms with Crippen LogP contribution in [-0.2, 0) is 28.9 Å². The molecule has 0 bridgehead atoms. The first-order chi connectivity index (χ1) is 21.1. The largest absolute Gasteiger partial charge is 0.497 e. The second-order valence-electron chi connectivity index (χ2n) is 11.2. The number of amides is 3. The first-order valence-electron chi connectivity index (χ1n) is 14.5. The zero-order valence-corrected chi connectivity index (χ0v) is 25.5. The van der Waals surface area contributed by atoms with Crippen LogP contribution in [0, 0.1) is 17.6 Å². The highest BCUT2D eigenvalue weighted by Gasteiger charge is 2.50. The summed E-state index contributed by atoms with van der Waals surface area (Å²) in [6.07, 6.45) is 3.67. The van der Waals surface area contributed by atoms with E-state index in [0.29, 0.717) is 17.9 Å². The van der Waals surface area contributed by atoms with Crippen LogP contribution in [0.4, 0.5) is 19.3 Å². The monoisotopic (exact) mass is 628 g/mol. The van der Waals surface area contributed by atoms with Crippen molar-refractivity contribution in [3.63, 3.8) is 0 Å². The van der Waals surface area contributed by atoms with Crippen LogP contribution in [0.1, 0.15) is 36.0 Å². The van der Waals surface area contributed by atoms with Gasteiger partial charge >= 0.3 is 6.03 Å². The molecule has 1 saturated heterocycles. The molecule has 2 N–H and O–H groups in total. The van der Waals surface area contributed by atoms with Crippen LogP contribution in [0.2, 0.25) is 5.02 Å². The lowest BCUT2D eigenvalue weighted by Crippen LogP contribution is -2.47. The van der Waals surface area contributed by atoms with Crippen LogP contribution in [0.5, 0.6) is 5.75 Å². The zero-order valence-electron chi connectivity index (χ0n) is 24.7. The van der Waals surface area contributed by atoms with Crippen LogP contribution >= 0.6 is 11.6 Å². The second kappa shape index (κ2) is 13.4. The summed E-state index contributed by atoms with van der Waals surface area (Å²) in [4.78, 5) is 41.7. The van der Waals surface area contributed by atoms with Gasteiger partial charge in [-0.3, -0.25) is 9.59 Å². The number of anilines is 1. The van der Waals surface area contributed by atoms with Gasteiger partial charge in [-0.1, -0.05) is 17.7 Å². The van der Waals surface area contributed by atoms with E-state index < -0.39 is 47.0 Å². The van der Waals surface area contributed by atoms with Crippen molar-refractivity contribution in [1.29, 1.82) is 0 Å². The summed E-state index contributed by atoms with van der Waals surface area (Å²) in [6, 6.07) is 9.50. The van der Waals surface area contributed by atoms with E-state index in [0.717, 1.165) is 29.7 Å². The Balaban J connectivity index is 1.40. The summed E-state index contributed by atoms with van der Waals surface area (Å²) >= 11 is 6.11. The molecule has 3 aromatic rings. The molecule has 5 rings (SSSR count). The molecule has 4 atom stereocenters. The number of hydrogen-bond donors (Lipinski definition) is 2. The van der Waals surface area contributed by atoms with Gasteiger partial charge in [0.05, 0.1) is 19.6 Å². The molecule has 2 unspecified atom stereocenters. The van der Waals surface area contributed by atoms with Gasteiger partial charge in [0.2, 0.25) is 5.91 Å². The molecule has 0 radical (unpaired) electrons. The Morgan fingerprint density at radius 2 is 1.84 bits per heavy atom. The highest BCUT2D eigenvalue weighted by Crippen LogP contribution is 2.43. The minimum absolute atomic E-state index is 0.00736. The third-order valence-electron chi connectivity index (χ3n) is 8.55. The topological polar surface area (TPSA) is 102 Å². The highest BCUT2D eigenvalue weighted by atomic mass is 35.5. The van der Waals surface area contributed by atoms with Crippen molar-refractivity contribution < 1.29 is 27.8 Å². The molecule has 0 spiro atoms. The Morgan fingerprint density at radius 1 is 1.09 bits per heavy atom. The number of rotatable bonds is 9. The molecule has 1 aliphatic carbocycles. The van der Waals surface area contributed by atoms with E-state index in [9.17, 15) is 14.4 Å². The number of nitrogens with zero attached hydrogens (tertiary/aromatic N) is 2. The molecular weight excluding hydrogens is 594 g/mol. The number of urea groups is 1. The number of carbonyl (C=O) groups excluding carboxylic acids is 2. The van der Waals surface area contributed by atoms with Crippen molar-refractivity contribution in [2.45, 2.75) is 50.7 Å². The molecule has 2 heterocycles. The lowest BCUT2D eigenvalue weighted by molar-refractivity contribution is -0.120. The fourth-order valence-electron chi connectivity index (χ4n) is 6.38. The average molecular weight is 629 g/mol. The zero-order chi connectivity index (χ0) is 31.5. The summed E-state index contributed by atoms with van der Waals surface area (Å²) in [5, 5.41) is 6.38. The van der Waals surface area contributed by atoms with Crippen molar-refractivity contribution in [2.24, 2.45) is 5.92 Å². The fraction of sp³-hybridized carbons (Fsp3) is 0.406. The van der Waals surface area contributed by atoms with E-state index >= 15 is 8.78 Å². The van der Waals surface area contributed by atoms with Crippen molar-refractivity contribution >= 4 is 29.2 Å². The number of hydrogen-bond acceptors (Lipinski definition) is 5. The van der Waals surface area contributed by atoms with Gasteiger partial charge in [0.25, 0.3) is 5.56 Å². The molecule has 9 nitrogen and oxygen atoms in total. The van der Waals surface area contributed by atoms with Gasteiger partial charge in [0, 0.05) is 67.1 Å². The summed E-state index contributed by atoms with van der Waals surface area (Å²) < 4.78 is 42.4. The van der Waals surface area contributed by atoms with E-state index in [1.807, 2.05) is 18.2 Å². The Hall–Kier alpha value is -3.96. The van der Waals surface area contributed by atoms with Gasteiger partial charge in [0.15, 0.2) is 0 Å². The number of methoxy groups -OCH3 is 2. The first kappa shape index (κ1) is 31.5. The molecule has 1 fully saturated rings. The lowest BCUT2D eigenvalue weighted by Gasteiger charge is -2.27. The quantitative estimate of drug-likeness (QED) is 0.365. The van der Waals surface area contributed by atoms with Crippen LogP contribution < -0.4 is 25.8 Å². The molecule has 44 heavy (non-hydrogen) atoms. The van der Waals surface area contributed by atoms with Crippen molar-refractivity contribution in [2.75, 3.05) is 32.3 Å². The standard InChI is InChI=1S/C32H35ClF2N4O5/c1-18-28(29-25(34)15-23(44-3)16-26(29)35)24(30(40)39(18)27-5-4-10-38(31(27)41)11-12-43-2)17-36-32(42)37-22-9-7-19-13-21(33)8-6-20(19)14-22/h4-6,8,10,13,15-16,18,22,24,28H,7,9,11-12,14,17H2,1-3H3,(H2,36,37,42)/t18-,22?,24?,28+/m0/s1.